The summed E-state index contributed by atoms with van der Waals surface area (Å²) < 4.78 is 45.2. The lowest BCUT2D eigenvalue weighted by molar-refractivity contribution is 0.0565. The molecule has 28 heavy (non-hydrogen) atoms. The zero-order valence-electron chi connectivity index (χ0n) is 14.8. The Morgan fingerprint density at radius 3 is 2.93 bits per heavy atom. The maximum atomic E-state index is 14.3. The number of ether oxygens (including phenoxy) is 1. The van der Waals surface area contributed by atoms with Gasteiger partial charge in [0.05, 0.1) is 35.4 Å². The van der Waals surface area contributed by atoms with E-state index in [2.05, 4.69) is 22.0 Å². The van der Waals surface area contributed by atoms with Crippen molar-refractivity contribution < 1.29 is 17.9 Å². The van der Waals surface area contributed by atoms with E-state index in [1.165, 1.54) is 6.20 Å². The Labute approximate surface area is 163 Å². The molecule has 0 aromatic carbocycles. The molecule has 0 bridgehead atoms. The van der Waals surface area contributed by atoms with Crippen LogP contribution in [0, 0.1) is 17.3 Å². The van der Waals surface area contributed by atoms with Crippen LogP contribution in [0.5, 0.6) is 0 Å². The van der Waals surface area contributed by atoms with Gasteiger partial charge in [-0.2, -0.15) is 18.3 Å². The molecule has 4 N–H and O–H groups in total. The molecule has 2 heterocycles. The molecule has 7 nitrogen and oxygen atoms in total. The summed E-state index contributed by atoms with van der Waals surface area (Å²) in [5.41, 5.74) is 5.66. The molecule has 150 valence electrons. The second-order valence-electron chi connectivity index (χ2n) is 6.74. The van der Waals surface area contributed by atoms with Crippen LogP contribution in [0.15, 0.2) is 25.0 Å². The lowest BCUT2D eigenvalue weighted by atomic mass is 9.96. The normalized spacial score (nSPS) is 20.9. The van der Waals surface area contributed by atoms with Gasteiger partial charge in [0.15, 0.2) is 0 Å². The van der Waals surface area contributed by atoms with Crippen LogP contribution in [0.2, 0.25) is 5.02 Å². The maximum Gasteiger partial charge on any atom is 0.333 e. The molecule has 1 fully saturated rings. The Balaban J connectivity index is 1.77. The number of hydrogen-bond donors (Lipinski definition) is 3. The van der Waals surface area contributed by atoms with Crippen molar-refractivity contribution in [2.75, 3.05) is 11.9 Å². The fourth-order valence-electron chi connectivity index (χ4n) is 3.04. The molecule has 2 aromatic heterocycles. The van der Waals surface area contributed by atoms with Crippen LogP contribution in [0.3, 0.4) is 0 Å². The Kier molecular flexibility index (Phi) is 5.24. The fraction of sp³-hybridized carbons (Fsp3) is 0.353. The van der Waals surface area contributed by atoms with E-state index in [9.17, 15) is 13.2 Å². The van der Waals surface area contributed by atoms with E-state index < -0.39 is 17.9 Å². The van der Waals surface area contributed by atoms with Gasteiger partial charge < -0.3 is 15.8 Å². The van der Waals surface area contributed by atoms with E-state index in [1.54, 1.807) is 6.07 Å². The minimum atomic E-state index is -2.83. The summed E-state index contributed by atoms with van der Waals surface area (Å²) >= 11 is 5.93. The average Bonchev–Trinajstić information content (AvgIpc) is 3.11. The topological polar surface area (TPSA) is 102 Å². The summed E-state index contributed by atoms with van der Waals surface area (Å²) in [6.07, 6.45) is 2.90. The van der Waals surface area contributed by atoms with Gasteiger partial charge in [-0.25, -0.2) is 9.67 Å². The largest absolute Gasteiger partial charge is 0.465 e. The first kappa shape index (κ1) is 20.0. The lowest BCUT2D eigenvalue weighted by Crippen LogP contribution is -2.18. The number of nitrogens with two attached hydrogens (primary N) is 1. The van der Waals surface area contributed by atoms with E-state index >= 15 is 0 Å². The quantitative estimate of drug-likeness (QED) is 0.364. The summed E-state index contributed by atoms with van der Waals surface area (Å²) in [6.45, 7) is 2.99. The smallest absolute Gasteiger partial charge is 0.333 e. The highest BCUT2D eigenvalue weighted by molar-refractivity contribution is 6.32. The third-order valence-corrected chi connectivity index (χ3v) is 5.05. The van der Waals surface area contributed by atoms with E-state index in [0.29, 0.717) is 22.4 Å². The van der Waals surface area contributed by atoms with Crippen molar-refractivity contribution in [2.45, 2.75) is 25.3 Å². The van der Waals surface area contributed by atoms with Gasteiger partial charge in [-0.3, -0.25) is 5.41 Å². The Morgan fingerprint density at radius 2 is 2.32 bits per heavy atom. The van der Waals surface area contributed by atoms with Crippen molar-refractivity contribution >= 4 is 29.0 Å². The molecule has 0 saturated heterocycles. The highest BCUT2D eigenvalue weighted by Crippen LogP contribution is 2.54. The summed E-state index contributed by atoms with van der Waals surface area (Å²) in [7, 11) is 0. The molecule has 1 aliphatic rings. The highest BCUT2D eigenvalue weighted by atomic mass is 35.5. The summed E-state index contributed by atoms with van der Waals surface area (Å²) in [4.78, 5) is 3.76. The van der Waals surface area contributed by atoms with Gasteiger partial charge in [0.25, 0.3) is 6.02 Å². The maximum absolute atomic E-state index is 14.3. The predicted octanol–water partition coefficient (Wildman–Crippen LogP) is 3.74. The highest BCUT2D eigenvalue weighted by Gasteiger charge is 2.53. The molecule has 2 unspecified atom stereocenters. The number of rotatable bonds is 7. The van der Waals surface area contributed by atoms with E-state index in [-0.39, 0.29) is 35.0 Å². The van der Waals surface area contributed by atoms with Crippen LogP contribution in [-0.4, -0.2) is 27.4 Å². The molecular formula is C17H18ClF3N6O. The Hall–Kier alpha value is -2.75. The number of hydrogen-bond acceptors (Lipinski definition) is 5. The van der Waals surface area contributed by atoms with Crippen LogP contribution in [0.25, 0.3) is 5.70 Å². The number of pyridine rings is 1. The van der Waals surface area contributed by atoms with E-state index in [1.807, 2.05) is 6.92 Å². The summed E-state index contributed by atoms with van der Waals surface area (Å²) in [6, 6.07) is 1.18. The fourth-order valence-corrected chi connectivity index (χ4v) is 3.29. The van der Waals surface area contributed by atoms with Crippen molar-refractivity contribution in [2.24, 2.45) is 11.7 Å². The monoisotopic (exact) mass is 414 g/mol. The molecule has 2 aromatic rings. The van der Waals surface area contributed by atoms with Crippen LogP contribution in [0.4, 0.5) is 18.9 Å². The van der Waals surface area contributed by atoms with Crippen LogP contribution >= 0.6 is 11.6 Å². The van der Waals surface area contributed by atoms with Gasteiger partial charge in [-0.15, -0.1) is 0 Å². The molecule has 3 rings (SSSR count). The van der Waals surface area contributed by atoms with Gasteiger partial charge in [0.2, 0.25) is 5.95 Å². The predicted molar refractivity (Wildman–Crippen MR) is 98.7 cm³/mol. The van der Waals surface area contributed by atoms with Crippen molar-refractivity contribution in [3.05, 3.63) is 47.3 Å². The van der Waals surface area contributed by atoms with Crippen LogP contribution in [-0.2, 0) is 10.2 Å². The molecule has 11 heteroatoms. The first-order valence-electron chi connectivity index (χ1n) is 8.23. The van der Waals surface area contributed by atoms with E-state index in [0.717, 1.165) is 6.20 Å². The SMILES string of the molecule is C=C(Nc1cnc(F)c(C2(C)CC2COC(=N)N)c1)c1nn(C(F)F)cc1Cl. The van der Waals surface area contributed by atoms with Gasteiger partial charge in [0, 0.05) is 16.9 Å². The number of nitrogens with zero attached hydrogens (tertiary/aromatic N) is 3. The minimum Gasteiger partial charge on any atom is -0.465 e. The molecule has 0 aliphatic heterocycles. The first-order valence-corrected chi connectivity index (χ1v) is 8.61. The number of alkyl halides is 2. The average molecular weight is 415 g/mol. The number of anilines is 1. The molecular weight excluding hydrogens is 397 g/mol. The second kappa shape index (κ2) is 7.34. The number of nitrogens with one attached hydrogen (secondary N) is 2. The third kappa shape index (κ3) is 3.91. The molecule has 0 spiro atoms. The standard InChI is InChI=1S/C17H18ClF3N6O/c1-8(13-12(18)6-27(26-13)15(20)21)25-10-3-11(14(19)24-5-10)17(2)4-9(17)7-28-16(22)23/h3,5-6,9,15,25H,1,4,7H2,2H3,(H3,22,23). The molecule has 0 radical (unpaired) electrons. The number of aromatic nitrogens is 3. The minimum absolute atomic E-state index is 0.00342. The second-order valence-corrected chi connectivity index (χ2v) is 7.15. The molecule has 1 aliphatic carbocycles. The van der Waals surface area contributed by atoms with Crippen molar-refractivity contribution in [1.82, 2.24) is 14.8 Å². The molecule has 2 atom stereocenters. The van der Waals surface area contributed by atoms with Gasteiger partial charge in [-0.1, -0.05) is 25.1 Å². The Bertz CT molecular complexity index is 934. The number of halogens is 4. The third-order valence-electron chi connectivity index (χ3n) is 4.77. The van der Waals surface area contributed by atoms with Gasteiger partial charge in [-0.05, 0) is 12.5 Å². The first-order chi connectivity index (χ1) is 13.1. The summed E-state index contributed by atoms with van der Waals surface area (Å²) in [5, 5.41) is 13.7. The van der Waals surface area contributed by atoms with Crippen molar-refractivity contribution in [3.63, 3.8) is 0 Å². The summed E-state index contributed by atoms with van der Waals surface area (Å²) in [5.74, 6) is -0.633. The zero-order chi connectivity index (χ0) is 20.6. The van der Waals surface area contributed by atoms with E-state index in [4.69, 9.17) is 27.5 Å². The number of amidine groups is 1. The van der Waals surface area contributed by atoms with Crippen LogP contribution < -0.4 is 11.1 Å². The lowest BCUT2D eigenvalue weighted by Gasteiger charge is -2.15. The molecule has 0 amide bonds. The zero-order valence-corrected chi connectivity index (χ0v) is 15.6. The Morgan fingerprint density at radius 1 is 1.61 bits per heavy atom. The van der Waals surface area contributed by atoms with Gasteiger partial charge in [0.1, 0.15) is 5.69 Å². The van der Waals surface area contributed by atoms with Crippen molar-refractivity contribution in [3.8, 4) is 0 Å². The molecule has 1 saturated carbocycles. The van der Waals surface area contributed by atoms with Gasteiger partial charge >= 0.3 is 6.55 Å². The van der Waals surface area contributed by atoms with Crippen LogP contribution in [0.1, 0.15) is 31.2 Å². The van der Waals surface area contributed by atoms with Crippen molar-refractivity contribution in [1.29, 1.82) is 5.41 Å².